The van der Waals surface area contributed by atoms with Gasteiger partial charge in [-0.1, -0.05) is 41.9 Å². The predicted molar refractivity (Wildman–Crippen MR) is 103 cm³/mol. The number of carbonyl (C=O) groups excluding carboxylic acids is 2. The van der Waals surface area contributed by atoms with Crippen molar-refractivity contribution in [2.75, 3.05) is 11.5 Å². The number of carbonyl (C=O) groups is 2. The molecule has 1 amide bonds. The molecule has 0 spiro atoms. The van der Waals surface area contributed by atoms with E-state index in [2.05, 4.69) is 0 Å². The Morgan fingerprint density at radius 1 is 1.12 bits per heavy atom. The van der Waals surface area contributed by atoms with E-state index in [4.69, 9.17) is 16.3 Å². The molecule has 0 radical (unpaired) electrons. The summed E-state index contributed by atoms with van der Waals surface area (Å²) in [4.78, 5) is 27.1. The largest absolute Gasteiger partial charge is 0.462 e. The van der Waals surface area contributed by atoms with Crippen molar-refractivity contribution in [1.82, 2.24) is 0 Å². The molecule has 2 aromatic rings. The highest BCUT2D eigenvalue weighted by Crippen LogP contribution is 2.35. The summed E-state index contributed by atoms with van der Waals surface area (Å²) in [6.45, 7) is 3.72. The highest BCUT2D eigenvalue weighted by molar-refractivity contribution is 6.30. The van der Waals surface area contributed by atoms with Gasteiger partial charge in [-0.05, 0) is 49.8 Å². The molecule has 0 saturated heterocycles. The average molecular weight is 368 g/mol. The summed E-state index contributed by atoms with van der Waals surface area (Å²) in [7, 11) is 0. The molecule has 2 aromatic carbocycles. The molecule has 0 unspecified atom stereocenters. The lowest BCUT2D eigenvalue weighted by Gasteiger charge is -2.17. The Labute approximate surface area is 157 Å². The second-order valence-electron chi connectivity index (χ2n) is 5.77. The molecule has 26 heavy (non-hydrogen) atoms. The van der Waals surface area contributed by atoms with Crippen LogP contribution in [0.4, 0.5) is 5.69 Å². The van der Waals surface area contributed by atoms with Crippen molar-refractivity contribution in [3.63, 3.8) is 0 Å². The van der Waals surface area contributed by atoms with E-state index >= 15 is 0 Å². The first-order chi connectivity index (χ1) is 12.5. The topological polar surface area (TPSA) is 46.6 Å². The summed E-state index contributed by atoms with van der Waals surface area (Å²) < 4.78 is 5.18. The third kappa shape index (κ3) is 3.41. The standard InChI is InChI=1S/C21H18ClNO3/c1-3-26-21(25)19-14(2)23(17-11-9-16(22)10-12-17)20(24)18(19)13-15-7-5-4-6-8-15/h4-13H,3H2,1-2H3/b18-13+. The number of hydrogen-bond donors (Lipinski definition) is 0. The molecule has 0 fully saturated rings. The maximum atomic E-state index is 13.1. The van der Waals surface area contributed by atoms with Gasteiger partial charge in [-0.25, -0.2) is 4.79 Å². The smallest absolute Gasteiger partial charge is 0.340 e. The fourth-order valence-electron chi connectivity index (χ4n) is 2.90. The fraction of sp³-hybridized carbons (Fsp3) is 0.143. The third-order valence-electron chi connectivity index (χ3n) is 4.08. The molecular formula is C21H18ClNO3. The first-order valence-electron chi connectivity index (χ1n) is 8.28. The molecule has 4 nitrogen and oxygen atoms in total. The Kier molecular flexibility index (Phi) is 5.24. The van der Waals surface area contributed by atoms with Gasteiger partial charge in [0.05, 0.1) is 17.8 Å². The van der Waals surface area contributed by atoms with Crippen LogP contribution < -0.4 is 4.90 Å². The molecule has 0 atom stereocenters. The molecule has 1 heterocycles. The van der Waals surface area contributed by atoms with Crippen LogP contribution in [-0.4, -0.2) is 18.5 Å². The van der Waals surface area contributed by atoms with E-state index in [0.29, 0.717) is 22.0 Å². The van der Waals surface area contributed by atoms with Gasteiger partial charge in [-0.15, -0.1) is 0 Å². The summed E-state index contributed by atoms with van der Waals surface area (Å²) in [5, 5.41) is 0.577. The lowest BCUT2D eigenvalue weighted by atomic mass is 10.0. The van der Waals surface area contributed by atoms with E-state index in [9.17, 15) is 9.59 Å². The van der Waals surface area contributed by atoms with Crippen LogP contribution in [0.15, 0.2) is 71.4 Å². The van der Waals surface area contributed by atoms with Crippen LogP contribution in [0.1, 0.15) is 19.4 Å². The zero-order valence-electron chi connectivity index (χ0n) is 14.5. The second kappa shape index (κ2) is 7.58. The Morgan fingerprint density at radius 2 is 1.77 bits per heavy atom. The van der Waals surface area contributed by atoms with Crippen LogP contribution in [0.2, 0.25) is 5.02 Å². The van der Waals surface area contributed by atoms with Crippen molar-refractivity contribution in [2.45, 2.75) is 13.8 Å². The van der Waals surface area contributed by atoms with Gasteiger partial charge in [0.2, 0.25) is 0 Å². The zero-order valence-corrected chi connectivity index (χ0v) is 15.3. The van der Waals surface area contributed by atoms with Crippen LogP contribution in [0.25, 0.3) is 6.08 Å². The van der Waals surface area contributed by atoms with Gasteiger partial charge in [-0.3, -0.25) is 9.69 Å². The van der Waals surface area contributed by atoms with Crippen LogP contribution >= 0.6 is 11.6 Å². The van der Waals surface area contributed by atoms with Crippen molar-refractivity contribution < 1.29 is 14.3 Å². The monoisotopic (exact) mass is 367 g/mol. The lowest BCUT2D eigenvalue weighted by molar-refractivity contribution is -0.138. The minimum Gasteiger partial charge on any atom is -0.462 e. The van der Waals surface area contributed by atoms with E-state index in [1.165, 1.54) is 4.90 Å². The number of hydrogen-bond acceptors (Lipinski definition) is 3. The highest BCUT2D eigenvalue weighted by atomic mass is 35.5. The molecule has 5 heteroatoms. The Hall–Kier alpha value is -2.85. The van der Waals surface area contributed by atoms with Crippen molar-refractivity contribution >= 4 is 35.2 Å². The van der Waals surface area contributed by atoms with Gasteiger partial charge >= 0.3 is 5.97 Å². The quantitative estimate of drug-likeness (QED) is 0.585. The number of allylic oxidation sites excluding steroid dienone is 1. The number of benzene rings is 2. The van der Waals surface area contributed by atoms with Crippen LogP contribution in [0, 0.1) is 0 Å². The first-order valence-corrected chi connectivity index (χ1v) is 8.66. The van der Waals surface area contributed by atoms with E-state index in [1.807, 2.05) is 30.3 Å². The molecular weight excluding hydrogens is 350 g/mol. The summed E-state index contributed by atoms with van der Waals surface area (Å²) in [6, 6.07) is 16.3. The van der Waals surface area contributed by atoms with E-state index in [-0.39, 0.29) is 18.1 Å². The number of amides is 1. The van der Waals surface area contributed by atoms with Crippen LogP contribution in [0.5, 0.6) is 0 Å². The number of esters is 1. The van der Waals surface area contributed by atoms with Gasteiger partial charge in [0.25, 0.3) is 5.91 Å². The molecule has 0 bridgehead atoms. The van der Waals surface area contributed by atoms with Gasteiger partial charge < -0.3 is 4.74 Å². The summed E-state index contributed by atoms with van der Waals surface area (Å²) >= 11 is 5.95. The molecule has 0 N–H and O–H groups in total. The van der Waals surface area contributed by atoms with Crippen molar-refractivity contribution in [3.05, 3.63) is 82.0 Å². The zero-order chi connectivity index (χ0) is 18.7. The number of anilines is 1. The highest BCUT2D eigenvalue weighted by Gasteiger charge is 2.38. The fourth-order valence-corrected chi connectivity index (χ4v) is 3.02. The Bertz CT molecular complexity index is 899. The molecule has 0 aromatic heterocycles. The first kappa shape index (κ1) is 18.0. The summed E-state index contributed by atoms with van der Waals surface area (Å²) in [5.41, 5.74) is 2.63. The number of nitrogens with zero attached hydrogens (tertiary/aromatic N) is 1. The maximum absolute atomic E-state index is 13.1. The van der Waals surface area contributed by atoms with Gasteiger partial charge in [-0.2, -0.15) is 0 Å². The average Bonchev–Trinajstić information content (AvgIpc) is 2.87. The minimum atomic E-state index is -0.503. The third-order valence-corrected chi connectivity index (χ3v) is 4.33. The lowest BCUT2D eigenvalue weighted by Crippen LogP contribution is -2.24. The van der Waals surface area contributed by atoms with Crippen LogP contribution in [-0.2, 0) is 14.3 Å². The van der Waals surface area contributed by atoms with Crippen molar-refractivity contribution in [1.29, 1.82) is 0 Å². The van der Waals surface area contributed by atoms with Gasteiger partial charge in [0.1, 0.15) is 0 Å². The molecule has 3 rings (SSSR count). The molecule has 0 saturated carbocycles. The SMILES string of the molecule is CCOC(=O)C1=C(C)N(c2ccc(Cl)cc2)C(=O)/C1=C/c1ccccc1. The van der Waals surface area contributed by atoms with Crippen molar-refractivity contribution in [2.24, 2.45) is 0 Å². The van der Waals surface area contributed by atoms with Crippen molar-refractivity contribution in [3.8, 4) is 0 Å². The minimum absolute atomic E-state index is 0.239. The summed E-state index contributed by atoms with van der Waals surface area (Å²) in [5.74, 6) is -0.770. The molecule has 1 aliphatic heterocycles. The number of halogens is 1. The van der Waals surface area contributed by atoms with E-state index in [1.54, 1.807) is 44.2 Å². The summed E-state index contributed by atoms with van der Waals surface area (Å²) in [6.07, 6.45) is 1.72. The maximum Gasteiger partial charge on any atom is 0.340 e. The van der Waals surface area contributed by atoms with E-state index in [0.717, 1.165) is 5.56 Å². The number of ether oxygens (including phenoxy) is 1. The molecule has 0 aliphatic carbocycles. The van der Waals surface area contributed by atoms with Gasteiger partial charge in [0, 0.05) is 16.4 Å². The van der Waals surface area contributed by atoms with E-state index < -0.39 is 5.97 Å². The molecule has 132 valence electrons. The van der Waals surface area contributed by atoms with Crippen LogP contribution in [0.3, 0.4) is 0 Å². The predicted octanol–water partition coefficient (Wildman–Crippen LogP) is 4.61. The second-order valence-corrected chi connectivity index (χ2v) is 6.20. The normalized spacial score (nSPS) is 15.7. The Morgan fingerprint density at radius 3 is 2.38 bits per heavy atom. The van der Waals surface area contributed by atoms with Gasteiger partial charge in [0.15, 0.2) is 0 Å². The Balaban J connectivity index is 2.11. The number of rotatable bonds is 4. The molecule has 1 aliphatic rings.